The van der Waals surface area contributed by atoms with Crippen LogP contribution in [0.25, 0.3) is 0 Å². The highest BCUT2D eigenvalue weighted by atomic mass is 79.9. The first kappa shape index (κ1) is 16.5. The average Bonchev–Trinajstić information content (AvgIpc) is 2.59. The van der Waals surface area contributed by atoms with Gasteiger partial charge in [-0.1, -0.05) is 48.0 Å². The number of nitrogens with zero attached hydrogens (tertiary/aromatic N) is 1. The molecule has 3 rings (SSSR count). The molecule has 0 unspecified atom stereocenters. The van der Waals surface area contributed by atoms with E-state index in [9.17, 15) is 5.11 Å². The van der Waals surface area contributed by atoms with Gasteiger partial charge in [-0.25, -0.2) is 0 Å². The second-order valence-corrected chi connectivity index (χ2v) is 6.63. The van der Waals surface area contributed by atoms with Gasteiger partial charge in [0.25, 0.3) is 0 Å². The molecule has 3 heteroatoms. The van der Waals surface area contributed by atoms with Crippen LogP contribution in [0.4, 0.5) is 5.69 Å². The van der Waals surface area contributed by atoms with Crippen LogP contribution >= 0.6 is 15.9 Å². The van der Waals surface area contributed by atoms with Crippen LogP contribution < -0.4 is 0 Å². The standard InChI is InChI=1S/C21H18BrNO/c1-15-7-9-19(10-8-15)23-14-18-12-17(13-20(22)21(18)24)11-16-5-3-2-4-6-16/h2-10,12-14,24H,11H2,1H3. The van der Waals surface area contributed by atoms with Gasteiger partial charge in [0.05, 0.1) is 10.2 Å². The molecule has 0 aliphatic heterocycles. The van der Waals surface area contributed by atoms with E-state index >= 15 is 0 Å². The SMILES string of the molecule is Cc1ccc(N=Cc2cc(Cc3ccccc3)cc(Br)c2O)cc1. The van der Waals surface area contributed by atoms with Gasteiger partial charge in [0, 0.05) is 11.8 Å². The van der Waals surface area contributed by atoms with Gasteiger partial charge in [-0.3, -0.25) is 4.99 Å². The molecule has 0 saturated carbocycles. The summed E-state index contributed by atoms with van der Waals surface area (Å²) in [5.74, 6) is 0.211. The average molecular weight is 380 g/mol. The summed E-state index contributed by atoms with van der Waals surface area (Å²) in [7, 11) is 0. The maximum absolute atomic E-state index is 10.3. The molecule has 24 heavy (non-hydrogen) atoms. The lowest BCUT2D eigenvalue weighted by atomic mass is 10.0. The van der Waals surface area contributed by atoms with Crippen LogP contribution in [-0.4, -0.2) is 11.3 Å². The summed E-state index contributed by atoms with van der Waals surface area (Å²) in [6, 6.07) is 22.2. The molecule has 0 atom stereocenters. The molecule has 3 aromatic rings. The minimum Gasteiger partial charge on any atom is -0.506 e. The zero-order chi connectivity index (χ0) is 16.9. The highest BCUT2D eigenvalue weighted by Crippen LogP contribution is 2.30. The van der Waals surface area contributed by atoms with Gasteiger partial charge in [-0.2, -0.15) is 0 Å². The number of phenolic OH excluding ortho intramolecular Hbond substituents is 1. The number of benzene rings is 3. The van der Waals surface area contributed by atoms with Crippen molar-refractivity contribution in [1.82, 2.24) is 0 Å². The molecule has 120 valence electrons. The zero-order valence-electron chi connectivity index (χ0n) is 13.4. The normalized spacial score (nSPS) is 11.1. The van der Waals surface area contributed by atoms with Crippen molar-refractivity contribution in [3.8, 4) is 5.75 Å². The fraction of sp³-hybridized carbons (Fsp3) is 0.0952. The summed E-state index contributed by atoms with van der Waals surface area (Å²) in [5, 5.41) is 10.3. The molecule has 0 spiro atoms. The van der Waals surface area contributed by atoms with Crippen molar-refractivity contribution in [2.75, 3.05) is 0 Å². The predicted molar refractivity (Wildman–Crippen MR) is 103 cm³/mol. The lowest BCUT2D eigenvalue weighted by Gasteiger charge is -2.07. The van der Waals surface area contributed by atoms with Gasteiger partial charge in [-0.05, 0) is 64.7 Å². The fourth-order valence-corrected chi connectivity index (χ4v) is 3.01. The number of halogens is 1. The monoisotopic (exact) mass is 379 g/mol. The maximum atomic E-state index is 10.3. The zero-order valence-corrected chi connectivity index (χ0v) is 15.0. The second-order valence-electron chi connectivity index (χ2n) is 5.77. The van der Waals surface area contributed by atoms with Crippen molar-refractivity contribution in [1.29, 1.82) is 0 Å². The summed E-state index contributed by atoms with van der Waals surface area (Å²) in [6.07, 6.45) is 2.52. The first-order chi connectivity index (χ1) is 11.6. The van der Waals surface area contributed by atoms with Gasteiger partial charge in [0.2, 0.25) is 0 Å². The molecule has 0 radical (unpaired) electrons. The number of hydrogen-bond donors (Lipinski definition) is 1. The molecule has 0 saturated heterocycles. The number of aromatic hydroxyl groups is 1. The van der Waals surface area contributed by atoms with Crippen molar-refractivity contribution in [3.05, 3.63) is 93.5 Å². The van der Waals surface area contributed by atoms with E-state index in [0.29, 0.717) is 10.0 Å². The molecule has 0 amide bonds. The third kappa shape index (κ3) is 4.12. The van der Waals surface area contributed by atoms with E-state index in [0.717, 1.165) is 17.7 Å². The molecule has 0 bridgehead atoms. The summed E-state index contributed by atoms with van der Waals surface area (Å²) in [6.45, 7) is 2.05. The lowest BCUT2D eigenvalue weighted by molar-refractivity contribution is 0.471. The third-order valence-corrected chi connectivity index (χ3v) is 4.39. The van der Waals surface area contributed by atoms with Crippen molar-refractivity contribution in [2.24, 2.45) is 4.99 Å². The smallest absolute Gasteiger partial charge is 0.138 e. The Labute approximate surface area is 150 Å². The Hall–Kier alpha value is -2.39. The van der Waals surface area contributed by atoms with Crippen LogP contribution in [-0.2, 0) is 6.42 Å². The molecular weight excluding hydrogens is 362 g/mol. The number of aliphatic imine (C=N–C) groups is 1. The topological polar surface area (TPSA) is 32.6 Å². The lowest BCUT2D eigenvalue weighted by Crippen LogP contribution is -1.92. The summed E-state index contributed by atoms with van der Waals surface area (Å²) >= 11 is 3.43. The largest absolute Gasteiger partial charge is 0.506 e. The van der Waals surface area contributed by atoms with E-state index < -0.39 is 0 Å². The van der Waals surface area contributed by atoms with Crippen LogP contribution in [0.15, 0.2) is 76.2 Å². The number of phenols is 1. The minimum absolute atomic E-state index is 0.211. The van der Waals surface area contributed by atoms with Crippen LogP contribution in [0.2, 0.25) is 0 Å². The number of aryl methyl sites for hydroxylation is 1. The van der Waals surface area contributed by atoms with Crippen molar-refractivity contribution >= 4 is 27.8 Å². The Balaban J connectivity index is 1.88. The van der Waals surface area contributed by atoms with E-state index in [1.165, 1.54) is 11.1 Å². The Morgan fingerprint density at radius 3 is 2.38 bits per heavy atom. The highest BCUT2D eigenvalue weighted by molar-refractivity contribution is 9.10. The van der Waals surface area contributed by atoms with Crippen molar-refractivity contribution in [2.45, 2.75) is 13.3 Å². The van der Waals surface area contributed by atoms with Gasteiger partial charge in [-0.15, -0.1) is 0 Å². The van der Waals surface area contributed by atoms with Crippen LogP contribution in [0.5, 0.6) is 5.75 Å². The van der Waals surface area contributed by atoms with E-state index in [2.05, 4.69) is 33.1 Å². The number of rotatable bonds is 4. The van der Waals surface area contributed by atoms with Crippen molar-refractivity contribution < 1.29 is 5.11 Å². The fourth-order valence-electron chi connectivity index (χ4n) is 2.49. The van der Waals surface area contributed by atoms with Crippen LogP contribution in [0.3, 0.4) is 0 Å². The van der Waals surface area contributed by atoms with E-state index in [4.69, 9.17) is 0 Å². The van der Waals surface area contributed by atoms with Gasteiger partial charge in [0.1, 0.15) is 5.75 Å². The molecule has 1 N–H and O–H groups in total. The summed E-state index contributed by atoms with van der Waals surface area (Å²) in [5.41, 5.74) is 5.12. The highest BCUT2D eigenvalue weighted by Gasteiger charge is 2.07. The maximum Gasteiger partial charge on any atom is 0.138 e. The second kappa shape index (κ2) is 7.45. The first-order valence-electron chi connectivity index (χ1n) is 7.78. The summed E-state index contributed by atoms with van der Waals surface area (Å²) < 4.78 is 0.682. The van der Waals surface area contributed by atoms with Crippen LogP contribution in [0, 0.1) is 6.92 Å². The van der Waals surface area contributed by atoms with E-state index in [1.807, 2.05) is 61.5 Å². The predicted octanol–water partition coefficient (Wildman–Crippen LogP) is 5.80. The number of hydrogen-bond acceptors (Lipinski definition) is 2. The third-order valence-electron chi connectivity index (χ3n) is 3.79. The molecule has 0 aliphatic carbocycles. The molecule has 2 nitrogen and oxygen atoms in total. The molecule has 0 aliphatic rings. The Morgan fingerprint density at radius 1 is 0.958 bits per heavy atom. The Kier molecular flexibility index (Phi) is 5.11. The first-order valence-corrected chi connectivity index (χ1v) is 8.57. The Bertz CT molecular complexity index is 855. The molecule has 0 aromatic heterocycles. The minimum atomic E-state index is 0.211. The van der Waals surface area contributed by atoms with Gasteiger partial charge in [0.15, 0.2) is 0 Å². The van der Waals surface area contributed by atoms with E-state index in [1.54, 1.807) is 6.21 Å². The van der Waals surface area contributed by atoms with Gasteiger partial charge < -0.3 is 5.11 Å². The molecule has 3 aromatic carbocycles. The Morgan fingerprint density at radius 2 is 1.67 bits per heavy atom. The van der Waals surface area contributed by atoms with Crippen molar-refractivity contribution in [3.63, 3.8) is 0 Å². The van der Waals surface area contributed by atoms with Gasteiger partial charge >= 0.3 is 0 Å². The summed E-state index contributed by atoms with van der Waals surface area (Å²) in [4.78, 5) is 4.46. The van der Waals surface area contributed by atoms with Crippen LogP contribution in [0.1, 0.15) is 22.3 Å². The molecule has 0 fully saturated rings. The van der Waals surface area contributed by atoms with E-state index in [-0.39, 0.29) is 5.75 Å². The molecular formula is C21H18BrNO. The molecule has 0 heterocycles. The quantitative estimate of drug-likeness (QED) is 0.570.